The molecule has 2 aliphatic rings. The number of aromatic nitrogens is 4. The molecule has 6 rings (SSSR count). The van der Waals surface area contributed by atoms with Crippen LogP contribution >= 0.6 is 0 Å². The minimum atomic E-state index is -0.393. The minimum Gasteiger partial charge on any atom is -0.463 e. The molecule has 14 heteroatoms. The molecule has 1 aromatic carbocycles. The lowest BCUT2D eigenvalue weighted by molar-refractivity contribution is 0.0734. The molecule has 42 heavy (non-hydrogen) atoms. The molecule has 3 aromatic heterocycles. The molecule has 0 bridgehead atoms. The largest absolute Gasteiger partial charge is 0.463 e. The van der Waals surface area contributed by atoms with Gasteiger partial charge in [-0.1, -0.05) is 0 Å². The third-order valence-electron chi connectivity index (χ3n) is 7.63. The average molecular weight is 579 g/mol. The van der Waals surface area contributed by atoms with Gasteiger partial charge in [0.05, 0.1) is 25.2 Å². The number of hydrogen-bond acceptors (Lipinski definition) is 11. The van der Waals surface area contributed by atoms with Crippen molar-refractivity contribution < 1.29 is 18.3 Å². The van der Waals surface area contributed by atoms with Crippen LogP contribution in [-0.4, -0.2) is 109 Å². The topological polar surface area (TPSA) is 142 Å². The highest BCUT2D eigenvalue weighted by molar-refractivity contribution is 5.94. The Morgan fingerprint density at radius 2 is 2.07 bits per heavy atom. The van der Waals surface area contributed by atoms with Crippen molar-refractivity contribution in [2.75, 3.05) is 88.2 Å². The molecule has 4 aromatic rings. The number of likely N-dealkylation sites (N-methyl/N-ethyl adjacent to an activating group) is 1. The highest BCUT2D eigenvalue weighted by Crippen LogP contribution is 2.23. The Kier molecular flexibility index (Phi) is 8.17. The van der Waals surface area contributed by atoms with Gasteiger partial charge >= 0.3 is 0 Å². The molecular weight excluding hydrogens is 543 g/mol. The standard InChI is InChI=1S/C28H35FN10O3/c1-36(28-33-25-16-22(24-3-2-13-42-24)35-39(25)27(30)34-28)7-8-37-9-11-38(12-10-37)23-5-4-19(15-21(23)29)26(40)32-17-20-18-41-14-6-31-20/h2-5,13,15-16,20,31H,6-12,14,17-18H2,1H3,(H,32,40)(H2,30,33,34). The van der Waals surface area contributed by atoms with Crippen molar-refractivity contribution in [2.45, 2.75) is 6.04 Å². The van der Waals surface area contributed by atoms with Gasteiger partial charge in [0.1, 0.15) is 11.5 Å². The molecule has 1 amide bonds. The lowest BCUT2D eigenvalue weighted by Crippen LogP contribution is -2.48. The number of morpholine rings is 1. The predicted octanol–water partition coefficient (Wildman–Crippen LogP) is 1.08. The number of nitrogens with two attached hydrogens (primary N) is 1. The van der Waals surface area contributed by atoms with E-state index in [2.05, 4.69) is 30.6 Å². The fourth-order valence-corrected chi connectivity index (χ4v) is 5.19. The summed E-state index contributed by atoms with van der Waals surface area (Å²) in [5.41, 5.74) is 8.22. The number of rotatable bonds is 9. The van der Waals surface area contributed by atoms with Gasteiger partial charge in [-0.05, 0) is 30.3 Å². The predicted molar refractivity (Wildman–Crippen MR) is 156 cm³/mol. The van der Waals surface area contributed by atoms with E-state index < -0.39 is 5.82 Å². The first-order valence-corrected chi connectivity index (χ1v) is 14.1. The number of nitrogens with zero attached hydrogens (tertiary/aromatic N) is 7. The maximum Gasteiger partial charge on any atom is 0.251 e. The van der Waals surface area contributed by atoms with E-state index in [1.54, 1.807) is 24.5 Å². The third-order valence-corrected chi connectivity index (χ3v) is 7.63. The van der Waals surface area contributed by atoms with Crippen LogP contribution in [0.1, 0.15) is 10.4 Å². The zero-order chi connectivity index (χ0) is 29.1. The Balaban J connectivity index is 0.995. The molecule has 2 saturated heterocycles. The van der Waals surface area contributed by atoms with Crippen molar-refractivity contribution in [1.29, 1.82) is 0 Å². The number of halogens is 1. The van der Waals surface area contributed by atoms with E-state index in [0.29, 0.717) is 73.7 Å². The third kappa shape index (κ3) is 6.15. The van der Waals surface area contributed by atoms with Gasteiger partial charge < -0.3 is 35.3 Å². The van der Waals surface area contributed by atoms with Crippen molar-refractivity contribution >= 4 is 29.1 Å². The number of ether oxygens (including phenoxy) is 1. The molecule has 1 unspecified atom stereocenters. The van der Waals surface area contributed by atoms with Gasteiger partial charge in [0, 0.05) is 77.1 Å². The van der Waals surface area contributed by atoms with Crippen LogP contribution in [0.4, 0.5) is 22.0 Å². The Morgan fingerprint density at radius 1 is 1.21 bits per heavy atom. The first-order valence-electron chi connectivity index (χ1n) is 14.1. The second kappa shape index (κ2) is 12.3. The fraction of sp³-hybridized carbons (Fsp3) is 0.429. The zero-order valence-corrected chi connectivity index (χ0v) is 23.5. The van der Waals surface area contributed by atoms with E-state index in [4.69, 9.17) is 14.9 Å². The molecule has 0 saturated carbocycles. The first kappa shape index (κ1) is 27.9. The maximum absolute atomic E-state index is 15.0. The number of benzene rings is 1. The Morgan fingerprint density at radius 3 is 2.81 bits per heavy atom. The summed E-state index contributed by atoms with van der Waals surface area (Å²) in [5, 5.41) is 10.6. The van der Waals surface area contributed by atoms with Gasteiger partial charge in [0.2, 0.25) is 11.9 Å². The minimum absolute atomic E-state index is 0.0649. The van der Waals surface area contributed by atoms with Crippen molar-refractivity contribution in [1.82, 2.24) is 35.1 Å². The highest BCUT2D eigenvalue weighted by Gasteiger charge is 2.22. The van der Waals surface area contributed by atoms with Gasteiger partial charge in [0.15, 0.2) is 11.4 Å². The van der Waals surface area contributed by atoms with Gasteiger partial charge in [-0.15, -0.1) is 0 Å². The molecule has 13 nitrogen and oxygen atoms in total. The number of anilines is 3. The second-order valence-corrected chi connectivity index (χ2v) is 10.5. The van der Waals surface area contributed by atoms with Crippen LogP contribution in [0, 0.1) is 5.82 Å². The molecule has 222 valence electrons. The summed E-state index contributed by atoms with van der Waals surface area (Å²) in [5.74, 6) is 0.704. The van der Waals surface area contributed by atoms with Crippen molar-refractivity contribution in [3.05, 3.63) is 54.0 Å². The molecule has 2 fully saturated rings. The van der Waals surface area contributed by atoms with Crippen molar-refractivity contribution in [2.24, 2.45) is 0 Å². The smallest absolute Gasteiger partial charge is 0.251 e. The van der Waals surface area contributed by atoms with Gasteiger partial charge in [-0.2, -0.15) is 19.6 Å². The van der Waals surface area contributed by atoms with E-state index in [0.717, 1.165) is 26.2 Å². The number of nitrogen functional groups attached to an aromatic ring is 1. The molecule has 1 atom stereocenters. The molecule has 0 spiro atoms. The summed E-state index contributed by atoms with van der Waals surface area (Å²) in [6.07, 6.45) is 1.59. The Labute approximate surface area is 242 Å². The average Bonchev–Trinajstić information content (AvgIpc) is 3.70. The molecular formula is C28H35FN10O3. The molecule has 4 N–H and O–H groups in total. The quantitative estimate of drug-likeness (QED) is 0.263. The zero-order valence-electron chi connectivity index (χ0n) is 23.5. The van der Waals surface area contributed by atoms with Crippen LogP contribution < -0.4 is 26.2 Å². The normalized spacial score (nSPS) is 18.0. The molecule has 0 aliphatic carbocycles. The van der Waals surface area contributed by atoms with Crippen LogP contribution in [0.5, 0.6) is 0 Å². The number of amides is 1. The highest BCUT2D eigenvalue weighted by atomic mass is 19.1. The summed E-state index contributed by atoms with van der Waals surface area (Å²) >= 11 is 0. The summed E-state index contributed by atoms with van der Waals surface area (Å²) < 4.78 is 27.4. The SMILES string of the molecule is CN(CCN1CCN(c2ccc(C(=O)NCC3COCCN3)cc2F)CC1)c1nc(N)n2nc(-c3ccco3)cc2n1. The van der Waals surface area contributed by atoms with Crippen LogP contribution in [0.3, 0.4) is 0 Å². The summed E-state index contributed by atoms with van der Waals surface area (Å²) in [4.78, 5) is 27.9. The lowest BCUT2D eigenvalue weighted by atomic mass is 10.1. The number of furan rings is 1. The van der Waals surface area contributed by atoms with Crippen LogP contribution in [0.25, 0.3) is 17.1 Å². The Bertz CT molecular complexity index is 1510. The molecule has 0 radical (unpaired) electrons. The molecule has 5 heterocycles. The number of carbonyl (C=O) groups is 1. The number of carbonyl (C=O) groups excluding carboxylic acids is 1. The number of hydrogen-bond donors (Lipinski definition) is 3. The van der Waals surface area contributed by atoms with E-state index in [-0.39, 0.29) is 17.9 Å². The maximum atomic E-state index is 15.0. The van der Waals surface area contributed by atoms with E-state index in [9.17, 15) is 4.79 Å². The van der Waals surface area contributed by atoms with Crippen molar-refractivity contribution in [3.63, 3.8) is 0 Å². The summed E-state index contributed by atoms with van der Waals surface area (Å²) in [6, 6.07) is 10.2. The van der Waals surface area contributed by atoms with Crippen LogP contribution in [0.2, 0.25) is 0 Å². The van der Waals surface area contributed by atoms with Gasteiger partial charge in [0.25, 0.3) is 5.91 Å². The van der Waals surface area contributed by atoms with E-state index in [1.165, 1.54) is 10.6 Å². The fourth-order valence-electron chi connectivity index (χ4n) is 5.19. The lowest BCUT2D eigenvalue weighted by Gasteiger charge is -2.36. The van der Waals surface area contributed by atoms with Crippen LogP contribution in [-0.2, 0) is 4.74 Å². The number of nitrogens with one attached hydrogen (secondary N) is 2. The van der Waals surface area contributed by atoms with E-state index >= 15 is 4.39 Å². The van der Waals surface area contributed by atoms with Crippen molar-refractivity contribution in [3.8, 4) is 11.5 Å². The second-order valence-electron chi connectivity index (χ2n) is 10.5. The van der Waals surface area contributed by atoms with Gasteiger partial charge in [-0.3, -0.25) is 9.69 Å². The monoisotopic (exact) mass is 578 g/mol. The van der Waals surface area contributed by atoms with E-state index in [1.807, 2.05) is 29.0 Å². The summed E-state index contributed by atoms with van der Waals surface area (Å²) in [7, 11) is 1.93. The van der Waals surface area contributed by atoms with Gasteiger partial charge in [-0.25, -0.2) is 4.39 Å². The first-order chi connectivity index (χ1) is 20.4. The van der Waals surface area contributed by atoms with Crippen LogP contribution in [0.15, 0.2) is 47.1 Å². The Hall–Kier alpha value is -4.27. The molecule has 2 aliphatic heterocycles. The number of fused-ring (bicyclic) bond motifs is 1. The summed E-state index contributed by atoms with van der Waals surface area (Å²) in [6.45, 7) is 6.82. The number of piperazine rings is 1.